The van der Waals surface area contributed by atoms with Crippen molar-refractivity contribution < 1.29 is 4.74 Å². The van der Waals surface area contributed by atoms with Gasteiger partial charge in [-0.25, -0.2) is 0 Å². The van der Waals surface area contributed by atoms with Crippen molar-refractivity contribution in [2.45, 2.75) is 65.2 Å². The Hall–Kier alpha value is -0.980. The molecule has 0 aliphatic rings. The molecule has 1 heteroatoms. The van der Waals surface area contributed by atoms with E-state index in [2.05, 4.69) is 45.9 Å². The van der Waals surface area contributed by atoms with Crippen molar-refractivity contribution in [3.8, 4) is 5.75 Å². The zero-order valence-corrected chi connectivity index (χ0v) is 12.7. The molecule has 0 fully saturated rings. The van der Waals surface area contributed by atoms with Crippen molar-refractivity contribution in [3.63, 3.8) is 0 Å². The van der Waals surface area contributed by atoms with Crippen molar-refractivity contribution >= 4 is 0 Å². The van der Waals surface area contributed by atoms with Crippen LogP contribution in [-0.2, 0) is 5.41 Å². The number of rotatable bonds is 7. The van der Waals surface area contributed by atoms with Gasteiger partial charge in [0, 0.05) is 0 Å². The number of ether oxygens (including phenoxy) is 1. The van der Waals surface area contributed by atoms with Gasteiger partial charge in [-0.2, -0.15) is 0 Å². The average molecular weight is 248 g/mol. The third-order valence-corrected chi connectivity index (χ3v) is 3.72. The molecular weight excluding hydrogens is 220 g/mol. The van der Waals surface area contributed by atoms with Gasteiger partial charge in [-0.3, -0.25) is 0 Å². The molecule has 0 N–H and O–H groups in total. The van der Waals surface area contributed by atoms with Crippen molar-refractivity contribution in [1.29, 1.82) is 0 Å². The van der Waals surface area contributed by atoms with E-state index in [-0.39, 0.29) is 5.41 Å². The molecule has 0 spiro atoms. The molecule has 0 heterocycles. The fourth-order valence-corrected chi connectivity index (χ4v) is 2.39. The van der Waals surface area contributed by atoms with Crippen LogP contribution in [0.25, 0.3) is 0 Å². The molecule has 0 unspecified atom stereocenters. The molecule has 0 atom stereocenters. The molecule has 0 bridgehead atoms. The van der Waals surface area contributed by atoms with Crippen LogP contribution in [-0.4, -0.2) is 7.11 Å². The highest BCUT2D eigenvalue weighted by Crippen LogP contribution is 2.32. The Morgan fingerprint density at radius 2 is 1.78 bits per heavy atom. The van der Waals surface area contributed by atoms with E-state index in [1.54, 1.807) is 7.11 Å². The first kappa shape index (κ1) is 15.1. The van der Waals surface area contributed by atoms with E-state index in [1.165, 1.54) is 43.2 Å². The topological polar surface area (TPSA) is 9.23 Å². The molecule has 1 nitrogen and oxygen atoms in total. The largest absolute Gasteiger partial charge is 0.497 e. The first-order valence-corrected chi connectivity index (χ1v) is 7.16. The van der Waals surface area contributed by atoms with Crippen LogP contribution in [0.15, 0.2) is 18.2 Å². The lowest BCUT2D eigenvalue weighted by molar-refractivity contribution is 0.407. The SMILES string of the molecule is CCCCCCC(C)(C)c1cc(C)cc(OC)c1. The standard InChI is InChI=1S/C17H28O/c1-6-7-8-9-10-17(3,4)15-11-14(2)12-16(13-15)18-5/h11-13H,6-10H2,1-5H3. The van der Waals surface area contributed by atoms with Crippen LogP contribution in [0, 0.1) is 6.92 Å². The lowest BCUT2D eigenvalue weighted by atomic mass is 9.79. The Balaban J connectivity index is 2.73. The van der Waals surface area contributed by atoms with Crippen LogP contribution < -0.4 is 4.74 Å². The number of hydrogen-bond acceptors (Lipinski definition) is 1. The maximum absolute atomic E-state index is 5.37. The Kier molecular flexibility index (Phi) is 5.71. The molecule has 0 amide bonds. The van der Waals surface area contributed by atoms with E-state index in [0.29, 0.717) is 0 Å². The molecular formula is C17H28O. The summed E-state index contributed by atoms with van der Waals surface area (Å²) in [5, 5.41) is 0. The fourth-order valence-electron chi connectivity index (χ4n) is 2.39. The van der Waals surface area contributed by atoms with Crippen LogP contribution in [0.3, 0.4) is 0 Å². The van der Waals surface area contributed by atoms with Crippen LogP contribution in [0.4, 0.5) is 0 Å². The second-order valence-electron chi connectivity index (χ2n) is 5.93. The zero-order valence-electron chi connectivity index (χ0n) is 12.7. The van der Waals surface area contributed by atoms with Gasteiger partial charge in [-0.15, -0.1) is 0 Å². The highest BCUT2D eigenvalue weighted by Gasteiger charge is 2.20. The Bertz CT molecular complexity index is 366. The van der Waals surface area contributed by atoms with E-state index in [1.807, 2.05) is 0 Å². The van der Waals surface area contributed by atoms with Crippen molar-refractivity contribution in [1.82, 2.24) is 0 Å². The molecule has 1 aromatic rings. The second-order valence-corrected chi connectivity index (χ2v) is 5.93. The summed E-state index contributed by atoms with van der Waals surface area (Å²) in [6.07, 6.45) is 6.57. The summed E-state index contributed by atoms with van der Waals surface area (Å²) < 4.78 is 5.37. The highest BCUT2D eigenvalue weighted by molar-refractivity contribution is 5.37. The second kappa shape index (κ2) is 6.82. The average Bonchev–Trinajstić information content (AvgIpc) is 2.34. The number of benzene rings is 1. The lowest BCUT2D eigenvalue weighted by Crippen LogP contribution is -2.17. The van der Waals surface area contributed by atoms with Gasteiger partial charge in [0.1, 0.15) is 5.75 Å². The molecule has 0 aromatic heterocycles. The number of unbranched alkanes of at least 4 members (excludes halogenated alkanes) is 3. The van der Waals surface area contributed by atoms with Crippen LogP contribution >= 0.6 is 0 Å². The minimum Gasteiger partial charge on any atom is -0.497 e. The van der Waals surface area contributed by atoms with Gasteiger partial charge in [0.25, 0.3) is 0 Å². The summed E-state index contributed by atoms with van der Waals surface area (Å²) in [6, 6.07) is 6.58. The number of hydrogen-bond donors (Lipinski definition) is 0. The van der Waals surface area contributed by atoms with Gasteiger partial charge in [0.05, 0.1) is 7.11 Å². The van der Waals surface area contributed by atoms with Gasteiger partial charge < -0.3 is 4.74 Å². The van der Waals surface area contributed by atoms with E-state index < -0.39 is 0 Å². The molecule has 0 radical (unpaired) electrons. The summed E-state index contributed by atoms with van der Waals surface area (Å²) in [5.41, 5.74) is 2.93. The van der Waals surface area contributed by atoms with Crippen LogP contribution in [0.2, 0.25) is 0 Å². The molecule has 18 heavy (non-hydrogen) atoms. The van der Waals surface area contributed by atoms with Crippen LogP contribution in [0.5, 0.6) is 5.75 Å². The molecule has 0 aliphatic carbocycles. The van der Waals surface area contributed by atoms with Gasteiger partial charge in [0.15, 0.2) is 0 Å². The van der Waals surface area contributed by atoms with Crippen molar-refractivity contribution in [2.75, 3.05) is 7.11 Å². The quantitative estimate of drug-likeness (QED) is 0.599. The van der Waals surface area contributed by atoms with Gasteiger partial charge in [-0.05, 0) is 42.0 Å². The summed E-state index contributed by atoms with van der Waals surface area (Å²) >= 11 is 0. The minimum atomic E-state index is 0.243. The van der Waals surface area contributed by atoms with E-state index in [9.17, 15) is 0 Å². The third-order valence-electron chi connectivity index (χ3n) is 3.72. The molecule has 1 rings (SSSR count). The van der Waals surface area contributed by atoms with E-state index in [4.69, 9.17) is 4.74 Å². The highest BCUT2D eigenvalue weighted by atomic mass is 16.5. The number of methoxy groups -OCH3 is 1. The van der Waals surface area contributed by atoms with Crippen molar-refractivity contribution in [2.24, 2.45) is 0 Å². The predicted octanol–water partition coefficient (Wildman–Crippen LogP) is 5.25. The summed E-state index contributed by atoms with van der Waals surface area (Å²) in [6.45, 7) is 9.08. The summed E-state index contributed by atoms with van der Waals surface area (Å²) in [5.74, 6) is 0.978. The first-order chi connectivity index (χ1) is 8.49. The fraction of sp³-hybridized carbons (Fsp3) is 0.647. The minimum absolute atomic E-state index is 0.243. The Morgan fingerprint density at radius 3 is 2.39 bits per heavy atom. The predicted molar refractivity (Wildman–Crippen MR) is 79.5 cm³/mol. The summed E-state index contributed by atoms with van der Waals surface area (Å²) in [7, 11) is 1.74. The Morgan fingerprint density at radius 1 is 1.06 bits per heavy atom. The van der Waals surface area contributed by atoms with Gasteiger partial charge >= 0.3 is 0 Å². The van der Waals surface area contributed by atoms with Gasteiger partial charge in [0.2, 0.25) is 0 Å². The molecule has 0 saturated heterocycles. The van der Waals surface area contributed by atoms with Crippen molar-refractivity contribution in [3.05, 3.63) is 29.3 Å². The molecule has 0 aliphatic heterocycles. The maximum Gasteiger partial charge on any atom is 0.119 e. The lowest BCUT2D eigenvalue weighted by Gasteiger charge is -2.26. The number of aryl methyl sites for hydroxylation is 1. The Labute approximate surface area is 113 Å². The molecule has 0 saturated carbocycles. The van der Waals surface area contributed by atoms with E-state index in [0.717, 1.165) is 5.75 Å². The third kappa shape index (κ3) is 4.36. The first-order valence-electron chi connectivity index (χ1n) is 7.16. The smallest absolute Gasteiger partial charge is 0.119 e. The molecule has 102 valence electrons. The summed E-state index contributed by atoms with van der Waals surface area (Å²) in [4.78, 5) is 0. The van der Waals surface area contributed by atoms with Crippen LogP contribution in [0.1, 0.15) is 64.0 Å². The zero-order chi connectivity index (χ0) is 13.6. The molecule has 1 aromatic carbocycles. The monoisotopic (exact) mass is 248 g/mol. The van der Waals surface area contributed by atoms with E-state index >= 15 is 0 Å². The normalized spacial score (nSPS) is 11.6. The maximum atomic E-state index is 5.37. The van der Waals surface area contributed by atoms with Gasteiger partial charge in [-0.1, -0.05) is 52.5 Å².